The van der Waals surface area contributed by atoms with E-state index in [0.29, 0.717) is 72.0 Å². The van der Waals surface area contributed by atoms with Crippen molar-refractivity contribution < 1.29 is 19.1 Å². The Bertz CT molecular complexity index is 1400. The molecule has 3 aromatic carbocycles. The van der Waals surface area contributed by atoms with E-state index in [9.17, 15) is 9.59 Å². The molecule has 0 spiro atoms. The first-order valence-corrected chi connectivity index (χ1v) is 14.6. The molecule has 4 rings (SSSR count). The Labute approximate surface area is 255 Å². The van der Waals surface area contributed by atoms with Crippen LogP contribution in [0.3, 0.4) is 0 Å². The average molecular weight is 616 g/mol. The van der Waals surface area contributed by atoms with E-state index in [4.69, 9.17) is 44.9 Å². The number of piperazine rings is 1. The maximum Gasteiger partial charge on any atom is 0.257 e. The van der Waals surface area contributed by atoms with Gasteiger partial charge in [-0.1, -0.05) is 30.1 Å². The van der Waals surface area contributed by atoms with Gasteiger partial charge in [-0.25, -0.2) is 0 Å². The van der Waals surface area contributed by atoms with Crippen LogP contribution in [0, 0.1) is 0 Å². The third-order valence-corrected chi connectivity index (χ3v) is 7.21. The van der Waals surface area contributed by atoms with Crippen molar-refractivity contribution in [2.45, 2.75) is 20.3 Å². The molecule has 11 heteroatoms. The van der Waals surface area contributed by atoms with Crippen LogP contribution in [-0.4, -0.2) is 61.2 Å². The van der Waals surface area contributed by atoms with Gasteiger partial charge < -0.3 is 24.6 Å². The zero-order valence-electron chi connectivity index (χ0n) is 22.9. The number of rotatable bonds is 9. The third kappa shape index (κ3) is 8.03. The largest absolute Gasteiger partial charge is 0.494 e. The number of nitrogens with zero attached hydrogens (tertiary/aromatic N) is 2. The minimum atomic E-state index is -0.400. The third-order valence-electron chi connectivity index (χ3n) is 6.41. The number of anilines is 2. The zero-order valence-corrected chi connectivity index (χ0v) is 25.2. The zero-order chi connectivity index (χ0) is 29.4. The van der Waals surface area contributed by atoms with E-state index in [-0.39, 0.29) is 11.0 Å². The summed E-state index contributed by atoms with van der Waals surface area (Å²) >= 11 is 18.1. The summed E-state index contributed by atoms with van der Waals surface area (Å²) in [7, 11) is 0. The number of ether oxygens (including phenoxy) is 2. The van der Waals surface area contributed by atoms with Gasteiger partial charge in [-0.05, 0) is 86.2 Å². The summed E-state index contributed by atoms with van der Waals surface area (Å²) in [6.45, 7) is 7.48. The second-order valence-corrected chi connectivity index (χ2v) is 10.5. The Balaban J connectivity index is 1.29. The summed E-state index contributed by atoms with van der Waals surface area (Å²) in [4.78, 5) is 29.6. The quantitative estimate of drug-likeness (QED) is 0.275. The molecule has 2 N–H and O–H groups in total. The van der Waals surface area contributed by atoms with Crippen LogP contribution < -0.4 is 25.0 Å². The van der Waals surface area contributed by atoms with E-state index in [1.807, 2.05) is 48.2 Å². The number of carbonyl (C=O) groups is 2. The van der Waals surface area contributed by atoms with Crippen LogP contribution in [-0.2, 0) is 0 Å². The van der Waals surface area contributed by atoms with E-state index in [0.717, 1.165) is 17.9 Å². The van der Waals surface area contributed by atoms with Gasteiger partial charge in [0.1, 0.15) is 11.5 Å². The number of amides is 2. The van der Waals surface area contributed by atoms with E-state index in [1.54, 1.807) is 18.2 Å². The van der Waals surface area contributed by atoms with Crippen LogP contribution >= 0.6 is 35.4 Å². The van der Waals surface area contributed by atoms with Crippen molar-refractivity contribution in [3.8, 4) is 11.5 Å². The van der Waals surface area contributed by atoms with Gasteiger partial charge in [0.25, 0.3) is 11.8 Å². The molecule has 1 aliphatic rings. The van der Waals surface area contributed by atoms with Gasteiger partial charge in [-0.2, -0.15) is 0 Å². The second kappa shape index (κ2) is 14.4. The number of halogens is 2. The molecule has 3 aromatic rings. The lowest BCUT2D eigenvalue weighted by atomic mass is 10.1. The van der Waals surface area contributed by atoms with Crippen LogP contribution in [0.2, 0.25) is 10.0 Å². The predicted octanol–water partition coefficient (Wildman–Crippen LogP) is 6.27. The Morgan fingerprint density at radius 3 is 2.22 bits per heavy atom. The Morgan fingerprint density at radius 2 is 1.59 bits per heavy atom. The first-order valence-electron chi connectivity index (χ1n) is 13.4. The molecular weight excluding hydrogens is 583 g/mol. The fraction of sp³-hybridized carbons (Fsp3) is 0.300. The van der Waals surface area contributed by atoms with Crippen LogP contribution in [0.15, 0.2) is 60.7 Å². The molecule has 41 heavy (non-hydrogen) atoms. The fourth-order valence-electron chi connectivity index (χ4n) is 4.34. The second-order valence-electron chi connectivity index (χ2n) is 9.30. The number of carbonyl (C=O) groups excluding carboxylic acids is 2. The van der Waals surface area contributed by atoms with E-state index >= 15 is 0 Å². The maximum absolute atomic E-state index is 13.0. The van der Waals surface area contributed by atoms with Gasteiger partial charge in [0.2, 0.25) is 0 Å². The molecule has 0 bridgehead atoms. The highest BCUT2D eigenvalue weighted by Gasteiger charge is 2.23. The van der Waals surface area contributed by atoms with E-state index < -0.39 is 5.91 Å². The molecule has 0 radical (unpaired) electrons. The lowest BCUT2D eigenvalue weighted by Crippen LogP contribution is -2.48. The molecule has 0 atom stereocenters. The minimum absolute atomic E-state index is 0.000373. The van der Waals surface area contributed by atoms with Crippen LogP contribution in [0.25, 0.3) is 0 Å². The van der Waals surface area contributed by atoms with Crippen molar-refractivity contribution in [3.05, 3.63) is 81.8 Å². The average Bonchev–Trinajstić information content (AvgIpc) is 2.97. The first kappa shape index (κ1) is 30.4. The van der Waals surface area contributed by atoms with Crippen molar-refractivity contribution >= 4 is 63.7 Å². The normalized spacial score (nSPS) is 13.0. The summed E-state index contributed by atoms with van der Waals surface area (Å²) in [5.74, 6) is 0.877. The predicted molar refractivity (Wildman–Crippen MR) is 168 cm³/mol. The highest BCUT2D eigenvalue weighted by atomic mass is 35.5. The topological polar surface area (TPSA) is 83.1 Å². The first-order chi connectivity index (χ1) is 19.8. The highest BCUT2D eigenvalue weighted by molar-refractivity contribution is 7.80. The lowest BCUT2D eigenvalue weighted by molar-refractivity contribution is 0.0746. The lowest BCUT2D eigenvalue weighted by Gasteiger charge is -2.36. The molecule has 1 aliphatic heterocycles. The summed E-state index contributed by atoms with van der Waals surface area (Å²) in [5, 5.41) is 6.64. The van der Waals surface area contributed by atoms with Gasteiger partial charge in [0.05, 0.1) is 28.9 Å². The number of hydrogen-bond donors (Lipinski definition) is 2. The minimum Gasteiger partial charge on any atom is -0.494 e. The molecular formula is C30H32Cl2N4O4S. The highest BCUT2D eigenvalue weighted by Crippen LogP contribution is 2.30. The SMILES string of the molecule is CCCOc1ccc(C(=O)N2CCN(c3ccc(NC(=S)NC(=O)c4ccc(OCC)c(Cl)c4)cc3Cl)CC2)cc1. The molecule has 1 heterocycles. The van der Waals surface area contributed by atoms with Gasteiger partial charge in [0.15, 0.2) is 5.11 Å². The summed E-state index contributed by atoms with van der Waals surface area (Å²) in [5.41, 5.74) is 2.49. The summed E-state index contributed by atoms with van der Waals surface area (Å²) in [6, 6.07) is 17.6. The number of hydrogen-bond acceptors (Lipinski definition) is 6. The number of nitrogens with one attached hydrogen (secondary N) is 2. The van der Waals surface area contributed by atoms with Crippen LogP contribution in [0.5, 0.6) is 11.5 Å². The summed E-state index contributed by atoms with van der Waals surface area (Å²) in [6.07, 6.45) is 0.932. The van der Waals surface area contributed by atoms with Crippen molar-refractivity contribution in [2.24, 2.45) is 0 Å². The number of benzene rings is 3. The van der Waals surface area contributed by atoms with Crippen molar-refractivity contribution in [1.29, 1.82) is 0 Å². The van der Waals surface area contributed by atoms with Gasteiger partial charge in [-0.15, -0.1) is 0 Å². The number of thiocarbonyl (C=S) groups is 1. The molecule has 0 aromatic heterocycles. The van der Waals surface area contributed by atoms with Crippen molar-refractivity contribution in [1.82, 2.24) is 10.2 Å². The molecule has 0 saturated carbocycles. The Hall–Kier alpha value is -3.53. The van der Waals surface area contributed by atoms with Crippen molar-refractivity contribution in [2.75, 3.05) is 49.6 Å². The van der Waals surface area contributed by atoms with E-state index in [1.165, 1.54) is 6.07 Å². The van der Waals surface area contributed by atoms with E-state index in [2.05, 4.69) is 22.5 Å². The van der Waals surface area contributed by atoms with Crippen LogP contribution in [0.4, 0.5) is 11.4 Å². The monoisotopic (exact) mass is 614 g/mol. The molecule has 0 aliphatic carbocycles. The van der Waals surface area contributed by atoms with Gasteiger partial charge in [0, 0.05) is 43.0 Å². The smallest absolute Gasteiger partial charge is 0.257 e. The van der Waals surface area contributed by atoms with Gasteiger partial charge >= 0.3 is 0 Å². The fourth-order valence-corrected chi connectivity index (χ4v) is 5.09. The van der Waals surface area contributed by atoms with Gasteiger partial charge in [-0.3, -0.25) is 14.9 Å². The molecule has 216 valence electrons. The summed E-state index contributed by atoms with van der Waals surface area (Å²) < 4.78 is 11.0. The molecule has 0 unspecified atom stereocenters. The molecule has 1 saturated heterocycles. The van der Waals surface area contributed by atoms with Crippen LogP contribution in [0.1, 0.15) is 41.0 Å². The standard InChI is InChI=1S/C30H32Cl2N4O4S/c1-3-17-40-23-9-5-20(6-10-23)29(38)36-15-13-35(14-16-36)26-11-8-22(19-24(26)31)33-30(41)34-28(37)21-7-12-27(39-4-2)25(32)18-21/h5-12,18-19H,3-4,13-17H2,1-2H3,(H2,33,34,37,41). The molecule has 1 fully saturated rings. The Kier molecular flexibility index (Phi) is 10.7. The molecule has 2 amide bonds. The molecule has 8 nitrogen and oxygen atoms in total. The maximum atomic E-state index is 13.0. The van der Waals surface area contributed by atoms with Crippen molar-refractivity contribution in [3.63, 3.8) is 0 Å². The Morgan fingerprint density at radius 1 is 0.878 bits per heavy atom.